The van der Waals surface area contributed by atoms with Gasteiger partial charge in [-0.2, -0.15) is 0 Å². The molecular formula is C99H121N25O14S2. The van der Waals surface area contributed by atoms with Gasteiger partial charge in [0.1, 0.15) is 84.6 Å². The third-order valence-electron chi connectivity index (χ3n) is 26.3. The van der Waals surface area contributed by atoms with Crippen LogP contribution < -0.4 is 80.6 Å². The fourth-order valence-corrected chi connectivity index (χ4v) is 20.8. The molecule has 14 amide bonds. The summed E-state index contributed by atoms with van der Waals surface area (Å²) in [7, 11) is 3.26. The number of nitrogens with one attached hydrogen (secondary N) is 19. The predicted molar refractivity (Wildman–Crippen MR) is 532 cm³/mol. The van der Waals surface area contributed by atoms with E-state index < -0.39 is 185 Å². The zero-order valence-electron chi connectivity index (χ0n) is 78.2. The van der Waals surface area contributed by atoms with Crippen LogP contribution in [0.15, 0.2) is 177 Å². The largest absolute Gasteiger partial charge is 0.370 e. The molecule has 0 spiro atoms. The molecule has 0 unspecified atom stereocenters. The lowest BCUT2D eigenvalue weighted by atomic mass is 9.97. The van der Waals surface area contributed by atoms with Crippen LogP contribution in [0.25, 0.3) is 43.5 Å². The van der Waals surface area contributed by atoms with E-state index in [4.69, 9.17) is 22.3 Å². The first-order chi connectivity index (χ1) is 67.5. The van der Waals surface area contributed by atoms with Crippen LogP contribution in [-0.4, -0.2) is 264 Å². The van der Waals surface area contributed by atoms with Crippen molar-refractivity contribution in [3.05, 3.63) is 210 Å². The summed E-state index contributed by atoms with van der Waals surface area (Å²) >= 11 is 0. The van der Waals surface area contributed by atoms with Crippen molar-refractivity contribution in [3.63, 3.8) is 0 Å². The van der Waals surface area contributed by atoms with E-state index in [1.807, 2.05) is 97.1 Å². The molecule has 39 nitrogen and oxygen atoms in total. The van der Waals surface area contributed by atoms with E-state index in [0.717, 1.165) is 32.4 Å². The fourth-order valence-electron chi connectivity index (χ4n) is 18.5. The number of aromatic nitrogens is 5. The zero-order valence-corrected chi connectivity index (χ0v) is 79.9. The van der Waals surface area contributed by atoms with Crippen molar-refractivity contribution >= 4 is 160 Å². The Morgan fingerprint density at radius 2 is 0.871 bits per heavy atom. The highest BCUT2D eigenvalue weighted by Gasteiger charge is 2.46. The predicted octanol–water partition coefficient (Wildman–Crippen LogP) is 2.91. The number of nitrogens with two attached hydrogens (primary N) is 2. The number of benzene rings is 6. The Bertz CT molecular complexity index is 6190. The summed E-state index contributed by atoms with van der Waals surface area (Å²) in [4.78, 5) is 242. The maximum Gasteiger partial charge on any atom is 0.246 e. The summed E-state index contributed by atoms with van der Waals surface area (Å²) in [6.45, 7) is 4.86. The Morgan fingerprint density at radius 3 is 1.41 bits per heavy atom. The van der Waals surface area contributed by atoms with Crippen LogP contribution in [0.1, 0.15) is 112 Å². The first kappa shape index (κ1) is 101. The Labute approximate surface area is 815 Å². The first-order valence-electron chi connectivity index (χ1n) is 47.3. The number of imidazole rings is 1. The number of hydrogen-bond acceptors (Lipinski definition) is 19. The van der Waals surface area contributed by atoms with Crippen molar-refractivity contribution in [1.82, 2.24) is 109 Å². The lowest BCUT2D eigenvalue weighted by Crippen LogP contribution is -2.62. The molecule has 140 heavy (non-hydrogen) atoms. The Hall–Kier alpha value is -14.8. The standard InChI is InChI=1S/C99H121N25O14S2/c1-5-55(2)83-94(135)120-79-53-140-139-52-78(119-84(125)56(3)111-86(127)73(44-61-48-107-68-28-14-11-25-65(61)68)114-85(126)71(31-17-37-105-98(100)101)112-87(128)72(42-57-21-7-6-8-22-57)113-88(129)74(115-89(79)130)47-64-51-104-54-110-64)90(131)116-76(45-62-49-108-69-29-15-12-26-66(62)69)96(137)123-39-19-33-81(123)92(133)117-75(43-58-35-36-59-23-9-10-24-60(59)41-58)95(136)122(4)80(32-18-38-106-99(102)103)91(132)118-77(46-63-50-109-70-30-16-13-27-67(63)70)97(138)124-40-20-34-82(124)93(134)121-83/h6-16,21-30,35-36,41,48-51,54-56,71-83,107-109H,5,17-20,31-34,37-40,42-47,52-53H2,1-4H3,(H,104,110)(H,111,127)(H,112,128)(H,113,129)(H,114,126)(H,115,130)(H,116,131)(H,117,133)(H,118,132)(H,119,125)(H,120,135)(H,121,134)(H4,100,101,105)(H4,102,103,106)/t55-,56-,71-,72+,73-,74-,75+,76-,77-,78-,79-,80-,81-,82-,83-/m0/s1. The maximum absolute atomic E-state index is 16.3. The van der Waals surface area contributed by atoms with Gasteiger partial charge in [0.25, 0.3) is 0 Å². The molecule has 738 valence electrons. The number of para-hydroxylation sites is 3. The van der Waals surface area contributed by atoms with Gasteiger partial charge >= 0.3 is 0 Å². The van der Waals surface area contributed by atoms with E-state index in [0.29, 0.717) is 60.5 Å². The molecular weight excluding hydrogens is 1830 g/mol. The number of hydrogen-bond donors (Lipinski definition) is 21. The molecule has 4 fully saturated rings. The van der Waals surface area contributed by atoms with E-state index in [-0.39, 0.29) is 140 Å². The number of nitrogens with zero attached hydrogens (tertiary/aromatic N) is 4. The van der Waals surface area contributed by atoms with Gasteiger partial charge in [-0.3, -0.25) is 77.9 Å². The summed E-state index contributed by atoms with van der Waals surface area (Å²) in [6.07, 6.45) is 7.41. The van der Waals surface area contributed by atoms with E-state index in [2.05, 4.69) is 94.0 Å². The molecule has 23 N–H and O–H groups in total. The Balaban J connectivity index is 0.882. The summed E-state index contributed by atoms with van der Waals surface area (Å²) in [5.41, 5.74) is 16.7. The third-order valence-corrected chi connectivity index (χ3v) is 28.7. The van der Waals surface area contributed by atoms with Crippen LogP contribution in [0.2, 0.25) is 0 Å². The average Bonchev–Trinajstić information content (AvgIpc) is 0.986. The van der Waals surface area contributed by atoms with Crippen LogP contribution >= 0.6 is 21.6 Å². The number of carbonyl (C=O) groups excluding carboxylic acids is 14. The molecule has 14 rings (SSSR count). The fraction of sp³-hybridized carbons (Fsp3) is 0.404. The van der Waals surface area contributed by atoms with Gasteiger partial charge in [-0.25, -0.2) is 4.98 Å². The third kappa shape index (κ3) is 25.8. The normalized spacial score (nSPS) is 24.1. The number of fused-ring (bicyclic) bond motifs is 11. The van der Waals surface area contributed by atoms with Crippen LogP contribution in [0.4, 0.5) is 0 Å². The molecule has 6 aromatic carbocycles. The molecule has 4 saturated heterocycles. The van der Waals surface area contributed by atoms with Crippen LogP contribution in [0.3, 0.4) is 0 Å². The minimum absolute atomic E-state index is 0.00324. The maximum atomic E-state index is 16.3. The highest BCUT2D eigenvalue weighted by Crippen LogP contribution is 2.31. The molecule has 0 saturated carbocycles. The van der Waals surface area contributed by atoms with E-state index in [1.54, 1.807) is 81.0 Å². The number of likely N-dealkylation sites (N-methyl/N-ethyl adjacent to an activating group) is 1. The quantitative estimate of drug-likeness (QED) is 0.0201. The molecule has 0 aliphatic carbocycles. The molecule has 4 aliphatic rings. The van der Waals surface area contributed by atoms with Crippen molar-refractivity contribution in [3.8, 4) is 0 Å². The van der Waals surface area contributed by atoms with Crippen molar-refractivity contribution in [1.29, 1.82) is 10.8 Å². The van der Waals surface area contributed by atoms with Gasteiger partial charge in [-0.15, -0.1) is 0 Å². The summed E-state index contributed by atoms with van der Waals surface area (Å²) in [6, 6.07) is 22.4. The topological polar surface area (TPSA) is 581 Å². The molecule has 10 aromatic rings. The Kier molecular flexibility index (Phi) is 34.3. The Morgan fingerprint density at radius 1 is 0.436 bits per heavy atom. The molecule has 0 radical (unpaired) electrons. The van der Waals surface area contributed by atoms with E-state index in [9.17, 15) is 0 Å². The van der Waals surface area contributed by atoms with E-state index in [1.165, 1.54) is 41.2 Å². The van der Waals surface area contributed by atoms with Gasteiger partial charge in [0.2, 0.25) is 82.7 Å². The van der Waals surface area contributed by atoms with Crippen molar-refractivity contribution in [2.75, 3.05) is 44.7 Å². The second kappa shape index (κ2) is 47.5. The summed E-state index contributed by atoms with van der Waals surface area (Å²) in [5.74, 6) is -14.3. The zero-order chi connectivity index (χ0) is 99.2. The lowest BCUT2D eigenvalue weighted by molar-refractivity contribution is -0.146. The average molecular weight is 1950 g/mol. The molecule has 4 aromatic heterocycles. The summed E-state index contributed by atoms with van der Waals surface area (Å²) in [5, 5.41) is 56.9. The number of amides is 14. The van der Waals surface area contributed by atoms with Gasteiger partial charge in [-0.05, 0) is 121 Å². The number of rotatable bonds is 22. The van der Waals surface area contributed by atoms with Crippen LogP contribution in [0, 0.1) is 16.7 Å². The highest BCUT2D eigenvalue weighted by atomic mass is 33.1. The second-order valence-electron chi connectivity index (χ2n) is 36.1. The highest BCUT2D eigenvalue weighted by molar-refractivity contribution is 8.76. The van der Waals surface area contributed by atoms with E-state index >= 15 is 67.1 Å². The number of aromatic amines is 4. The van der Waals surface area contributed by atoms with Gasteiger partial charge in [0, 0.05) is 141 Å². The summed E-state index contributed by atoms with van der Waals surface area (Å²) < 4.78 is 0. The number of carbonyl (C=O) groups is 14. The molecule has 41 heteroatoms. The minimum Gasteiger partial charge on any atom is -0.370 e. The first-order valence-corrected chi connectivity index (χ1v) is 49.8. The number of guanidine groups is 2. The minimum atomic E-state index is -1.69. The van der Waals surface area contributed by atoms with Crippen molar-refractivity contribution in [2.24, 2.45) is 17.4 Å². The van der Waals surface area contributed by atoms with Crippen LogP contribution in [0.5, 0.6) is 0 Å². The monoisotopic (exact) mass is 1950 g/mol. The smallest absolute Gasteiger partial charge is 0.246 e. The lowest BCUT2D eigenvalue weighted by Gasteiger charge is -2.34. The van der Waals surface area contributed by atoms with Gasteiger partial charge in [0.15, 0.2) is 11.9 Å². The van der Waals surface area contributed by atoms with Gasteiger partial charge < -0.3 is 115 Å². The van der Waals surface area contributed by atoms with Gasteiger partial charge in [0.05, 0.1) is 12.0 Å². The molecule has 15 atom stereocenters. The van der Waals surface area contributed by atoms with Crippen molar-refractivity contribution < 1.29 is 67.1 Å². The second-order valence-corrected chi connectivity index (χ2v) is 38.6. The molecule has 4 aliphatic heterocycles. The molecule has 8 heterocycles. The SMILES string of the molecule is CC[C@H](C)[C@@H]1NC(=O)[C@@H]2CCCN2C(=O)[C@H](Cc2c[nH]c3ccccc23)NC(=O)[C@H](CCCNC(=N)N)N(C)C(=O)[C@@H](Cc2ccc3ccccc3c2)NC(=O)[C@@H]2CCCN2C(=O)[C@H](Cc2c[nH]c3ccccc23)NC(=O)[C@@H]2CSSC[C@H](NC1=O)C(=O)N[C@@H](Cc1c[nH]cn1)C(=O)N[C@H](Cc1ccccc1)C(=O)N[C@@H](CCCNC(=N)N)C(=O)N[C@@H](Cc1c[nH]c3ccccc13)C(=O)N[C@@H](C)C(=O)N2. The van der Waals surface area contributed by atoms with Crippen LogP contribution in [-0.2, 0) is 106 Å². The van der Waals surface area contributed by atoms with Gasteiger partial charge in [-0.1, -0.05) is 169 Å². The molecule has 2 bridgehead atoms. The van der Waals surface area contributed by atoms with Crippen molar-refractivity contribution in [2.45, 2.75) is 202 Å². The number of H-pyrrole nitrogens is 4.